The van der Waals surface area contributed by atoms with E-state index in [0.717, 1.165) is 38.0 Å². The minimum atomic E-state index is -0.143. The highest BCUT2D eigenvalue weighted by molar-refractivity contribution is 5.96. The first-order valence-electron chi connectivity index (χ1n) is 6.24. The highest BCUT2D eigenvalue weighted by Gasteiger charge is 2.17. The number of ketones is 1. The molecule has 1 saturated heterocycles. The molecule has 0 radical (unpaired) electrons. The Labute approximate surface area is 102 Å². The molecule has 1 aromatic carbocycles. The van der Waals surface area contributed by atoms with Crippen LogP contribution in [0.3, 0.4) is 0 Å². The van der Waals surface area contributed by atoms with Gasteiger partial charge in [-0.1, -0.05) is 30.3 Å². The van der Waals surface area contributed by atoms with Crippen molar-refractivity contribution in [1.82, 2.24) is 4.90 Å². The number of Topliss-reactive ketones (excluding diaryl/α,β-unsaturated/α-hetero) is 1. The maximum Gasteiger partial charge on any atom is 0.164 e. The van der Waals surface area contributed by atoms with Crippen molar-refractivity contribution in [3.8, 4) is 0 Å². The van der Waals surface area contributed by atoms with Crippen LogP contribution < -0.4 is 0 Å². The Morgan fingerprint density at radius 1 is 1.24 bits per heavy atom. The molecular weight excluding hydrogens is 214 g/mol. The quantitative estimate of drug-likeness (QED) is 0.805. The normalized spacial score (nSPS) is 18.2. The molecule has 1 aliphatic heterocycles. The van der Waals surface area contributed by atoms with Gasteiger partial charge in [-0.2, -0.15) is 0 Å². The van der Waals surface area contributed by atoms with Crippen molar-refractivity contribution in [1.29, 1.82) is 0 Å². The van der Waals surface area contributed by atoms with Crippen LogP contribution in [-0.4, -0.2) is 41.5 Å². The molecule has 0 bridgehead atoms. The first kappa shape index (κ1) is 12.3. The summed E-state index contributed by atoms with van der Waals surface area (Å²) in [6.45, 7) is 2.62. The van der Waals surface area contributed by atoms with E-state index >= 15 is 0 Å². The van der Waals surface area contributed by atoms with Gasteiger partial charge in [0.25, 0.3) is 0 Å². The van der Waals surface area contributed by atoms with Gasteiger partial charge in [-0.05, 0) is 12.8 Å². The maximum absolute atomic E-state index is 11.9. The van der Waals surface area contributed by atoms with Gasteiger partial charge in [0.15, 0.2) is 5.78 Å². The van der Waals surface area contributed by atoms with E-state index in [0.29, 0.717) is 6.42 Å². The first-order chi connectivity index (χ1) is 8.25. The molecule has 1 aliphatic rings. The van der Waals surface area contributed by atoms with Gasteiger partial charge in [-0.25, -0.2) is 0 Å². The van der Waals surface area contributed by atoms with Crippen LogP contribution in [0.15, 0.2) is 30.3 Å². The van der Waals surface area contributed by atoms with Gasteiger partial charge >= 0.3 is 0 Å². The molecule has 1 fully saturated rings. The average molecular weight is 233 g/mol. The Kier molecular flexibility index (Phi) is 4.29. The number of aliphatic hydroxyl groups is 1. The van der Waals surface area contributed by atoms with Crippen molar-refractivity contribution < 1.29 is 9.90 Å². The molecule has 1 heterocycles. The monoisotopic (exact) mass is 233 g/mol. The second-order valence-electron chi connectivity index (χ2n) is 4.61. The lowest BCUT2D eigenvalue weighted by Crippen LogP contribution is -2.37. The fourth-order valence-corrected chi connectivity index (χ4v) is 2.17. The summed E-state index contributed by atoms with van der Waals surface area (Å²) in [4.78, 5) is 14.1. The molecular formula is C14H19NO2. The Bertz CT molecular complexity index is 356. The fourth-order valence-electron chi connectivity index (χ4n) is 2.17. The number of nitrogens with zero attached hydrogens (tertiary/aromatic N) is 1. The molecule has 0 aromatic heterocycles. The van der Waals surface area contributed by atoms with Gasteiger partial charge in [0, 0.05) is 31.6 Å². The third kappa shape index (κ3) is 3.65. The van der Waals surface area contributed by atoms with Crippen molar-refractivity contribution in [2.24, 2.45) is 0 Å². The smallest absolute Gasteiger partial charge is 0.164 e. The lowest BCUT2D eigenvalue weighted by molar-refractivity contribution is 0.0778. The minimum Gasteiger partial charge on any atom is -0.393 e. The SMILES string of the molecule is O=C(CCN1CCC(O)CC1)c1ccccc1. The summed E-state index contributed by atoms with van der Waals surface area (Å²) in [5.74, 6) is 0.205. The summed E-state index contributed by atoms with van der Waals surface area (Å²) < 4.78 is 0. The lowest BCUT2D eigenvalue weighted by Gasteiger charge is -2.29. The Balaban J connectivity index is 1.77. The van der Waals surface area contributed by atoms with E-state index in [9.17, 15) is 9.90 Å². The van der Waals surface area contributed by atoms with Crippen LogP contribution in [0.2, 0.25) is 0 Å². The molecule has 92 valence electrons. The third-order valence-electron chi connectivity index (χ3n) is 3.31. The average Bonchev–Trinajstić information content (AvgIpc) is 2.39. The number of carbonyl (C=O) groups is 1. The number of hydrogen-bond donors (Lipinski definition) is 1. The topological polar surface area (TPSA) is 40.5 Å². The van der Waals surface area contributed by atoms with Crippen molar-refractivity contribution >= 4 is 5.78 Å². The van der Waals surface area contributed by atoms with Gasteiger partial charge in [-0.15, -0.1) is 0 Å². The first-order valence-corrected chi connectivity index (χ1v) is 6.24. The minimum absolute atomic E-state index is 0.143. The summed E-state index contributed by atoms with van der Waals surface area (Å²) in [7, 11) is 0. The van der Waals surface area contributed by atoms with E-state index in [1.54, 1.807) is 0 Å². The number of hydrogen-bond acceptors (Lipinski definition) is 3. The molecule has 1 aromatic rings. The zero-order valence-electron chi connectivity index (χ0n) is 10.0. The fraction of sp³-hybridized carbons (Fsp3) is 0.500. The van der Waals surface area contributed by atoms with Crippen LogP contribution in [0, 0.1) is 0 Å². The predicted molar refractivity (Wildman–Crippen MR) is 67.1 cm³/mol. The van der Waals surface area contributed by atoms with Crippen molar-refractivity contribution in [3.63, 3.8) is 0 Å². The number of benzene rings is 1. The van der Waals surface area contributed by atoms with Gasteiger partial charge in [0.05, 0.1) is 6.10 Å². The van der Waals surface area contributed by atoms with Crippen molar-refractivity contribution in [2.75, 3.05) is 19.6 Å². The summed E-state index contributed by atoms with van der Waals surface area (Å²) in [6, 6.07) is 9.43. The van der Waals surface area contributed by atoms with Crippen molar-refractivity contribution in [2.45, 2.75) is 25.4 Å². The number of aliphatic hydroxyl groups excluding tert-OH is 1. The summed E-state index contributed by atoms with van der Waals surface area (Å²) >= 11 is 0. The van der Waals surface area contributed by atoms with Gasteiger partial charge in [-0.3, -0.25) is 4.79 Å². The molecule has 0 atom stereocenters. The van der Waals surface area contributed by atoms with E-state index in [4.69, 9.17) is 0 Å². The number of likely N-dealkylation sites (tertiary alicyclic amines) is 1. The van der Waals surface area contributed by atoms with Crippen LogP contribution in [0.1, 0.15) is 29.6 Å². The largest absolute Gasteiger partial charge is 0.393 e. The molecule has 0 unspecified atom stereocenters. The summed E-state index contributed by atoms with van der Waals surface area (Å²) in [6.07, 6.45) is 2.09. The number of carbonyl (C=O) groups excluding carboxylic acids is 1. The second-order valence-corrected chi connectivity index (χ2v) is 4.61. The number of rotatable bonds is 4. The molecule has 0 spiro atoms. The van der Waals surface area contributed by atoms with Gasteiger partial charge in [0.2, 0.25) is 0 Å². The van der Waals surface area contributed by atoms with Crippen LogP contribution in [-0.2, 0) is 0 Å². The summed E-state index contributed by atoms with van der Waals surface area (Å²) in [5.41, 5.74) is 0.796. The summed E-state index contributed by atoms with van der Waals surface area (Å²) in [5, 5.41) is 9.39. The van der Waals surface area contributed by atoms with E-state index < -0.39 is 0 Å². The molecule has 3 nitrogen and oxygen atoms in total. The third-order valence-corrected chi connectivity index (χ3v) is 3.31. The van der Waals surface area contributed by atoms with Crippen LogP contribution >= 0.6 is 0 Å². The van der Waals surface area contributed by atoms with Gasteiger partial charge in [0.1, 0.15) is 0 Å². The Morgan fingerprint density at radius 3 is 2.53 bits per heavy atom. The van der Waals surface area contributed by atoms with E-state index in [-0.39, 0.29) is 11.9 Å². The molecule has 0 saturated carbocycles. The predicted octanol–water partition coefficient (Wildman–Crippen LogP) is 1.72. The van der Waals surface area contributed by atoms with Crippen LogP contribution in [0.25, 0.3) is 0 Å². The molecule has 17 heavy (non-hydrogen) atoms. The highest BCUT2D eigenvalue weighted by atomic mass is 16.3. The lowest BCUT2D eigenvalue weighted by atomic mass is 10.1. The Morgan fingerprint density at radius 2 is 1.88 bits per heavy atom. The molecule has 3 heteroatoms. The molecule has 1 N–H and O–H groups in total. The van der Waals surface area contributed by atoms with E-state index in [2.05, 4.69) is 4.90 Å². The molecule has 2 rings (SSSR count). The zero-order chi connectivity index (χ0) is 12.1. The zero-order valence-corrected chi connectivity index (χ0v) is 10.0. The maximum atomic E-state index is 11.9. The van der Waals surface area contributed by atoms with E-state index in [1.165, 1.54) is 0 Å². The number of piperidine rings is 1. The van der Waals surface area contributed by atoms with Gasteiger partial charge < -0.3 is 10.0 Å². The standard InChI is InChI=1S/C14H19NO2/c16-13-6-9-15(10-7-13)11-8-14(17)12-4-2-1-3-5-12/h1-5,13,16H,6-11H2. The van der Waals surface area contributed by atoms with Crippen molar-refractivity contribution in [3.05, 3.63) is 35.9 Å². The van der Waals surface area contributed by atoms with E-state index in [1.807, 2.05) is 30.3 Å². The molecule has 0 amide bonds. The Hall–Kier alpha value is -1.19. The van der Waals surface area contributed by atoms with Crippen LogP contribution in [0.4, 0.5) is 0 Å². The van der Waals surface area contributed by atoms with Crippen LogP contribution in [0.5, 0.6) is 0 Å². The molecule has 0 aliphatic carbocycles. The second kappa shape index (κ2) is 5.94. The highest BCUT2D eigenvalue weighted by Crippen LogP contribution is 2.11.